The standard InChI is InChI=1S/C61H110NO8P/c1-6-8-10-12-14-16-18-20-22-24-25-26-27-28-29-30-31-32-33-34-35-36-37-38-40-42-44-46-48-50-52-54-61(64)70-59(58-69-71(65,66)68-56-55-62(3,4)5)57-67-60(63)53-51-49-47-45-43-41-39-23-21-19-17-15-13-11-9-7-2/h8,10,14,16-17,19-20,22-23,25-26,39,59H,6-7,9,11-13,15,18,21,24,27-38,40-58H2,1-5H3/b10-8-,16-14-,19-17-,22-20-,26-25-,39-23-. The van der Waals surface area contributed by atoms with Crippen molar-refractivity contribution in [2.45, 2.75) is 258 Å². The normalized spacial score (nSPS) is 13.8. The smallest absolute Gasteiger partial charge is 0.306 e. The van der Waals surface area contributed by atoms with Gasteiger partial charge in [0.25, 0.3) is 7.82 Å². The van der Waals surface area contributed by atoms with Crippen molar-refractivity contribution in [3.05, 3.63) is 72.9 Å². The Kier molecular flexibility index (Phi) is 50.4. The molecule has 0 saturated carbocycles. The Morgan fingerprint density at radius 1 is 0.451 bits per heavy atom. The molecule has 9 nitrogen and oxygen atoms in total. The molecule has 0 amide bonds. The second-order valence-corrected chi connectivity index (χ2v) is 22.0. The minimum Gasteiger partial charge on any atom is -0.756 e. The van der Waals surface area contributed by atoms with E-state index in [1.165, 1.54) is 128 Å². The number of hydrogen-bond acceptors (Lipinski definition) is 8. The van der Waals surface area contributed by atoms with E-state index in [1.54, 1.807) is 0 Å². The number of likely N-dealkylation sites (N-methyl/N-ethyl adjacent to an activating group) is 1. The van der Waals surface area contributed by atoms with Crippen molar-refractivity contribution in [2.75, 3.05) is 47.5 Å². The minimum atomic E-state index is -4.64. The monoisotopic (exact) mass is 1020 g/mol. The van der Waals surface area contributed by atoms with Gasteiger partial charge in [-0.2, -0.15) is 0 Å². The Morgan fingerprint density at radius 3 is 1.20 bits per heavy atom. The summed E-state index contributed by atoms with van der Waals surface area (Å²) in [4.78, 5) is 37.8. The lowest BCUT2D eigenvalue weighted by Gasteiger charge is -2.28. The number of nitrogens with zero attached hydrogens (tertiary/aromatic N) is 1. The highest BCUT2D eigenvalue weighted by molar-refractivity contribution is 7.45. The van der Waals surface area contributed by atoms with Gasteiger partial charge in [0.05, 0.1) is 27.7 Å². The summed E-state index contributed by atoms with van der Waals surface area (Å²) in [5, 5.41) is 0. The number of phosphoric ester groups is 1. The Hall–Kier alpha value is -2.55. The minimum absolute atomic E-state index is 0.0343. The maximum Gasteiger partial charge on any atom is 0.306 e. The van der Waals surface area contributed by atoms with Crippen molar-refractivity contribution in [1.82, 2.24) is 0 Å². The molecule has 0 aliphatic heterocycles. The average Bonchev–Trinajstić information content (AvgIpc) is 3.33. The maximum atomic E-state index is 12.8. The van der Waals surface area contributed by atoms with Crippen LogP contribution in [0.15, 0.2) is 72.9 Å². The average molecular weight is 1020 g/mol. The van der Waals surface area contributed by atoms with Crippen molar-refractivity contribution >= 4 is 19.8 Å². The molecule has 0 aromatic rings. The number of ether oxygens (including phenoxy) is 2. The zero-order valence-corrected chi connectivity index (χ0v) is 47.6. The van der Waals surface area contributed by atoms with E-state index in [2.05, 4.69) is 86.8 Å². The third-order valence-corrected chi connectivity index (χ3v) is 13.4. The molecule has 2 unspecified atom stereocenters. The van der Waals surface area contributed by atoms with Crippen LogP contribution in [-0.4, -0.2) is 70.0 Å². The molecule has 0 heterocycles. The summed E-state index contributed by atoms with van der Waals surface area (Å²) in [7, 11) is 1.16. The first-order chi connectivity index (χ1) is 34.5. The highest BCUT2D eigenvalue weighted by Gasteiger charge is 2.22. The van der Waals surface area contributed by atoms with Gasteiger partial charge in [-0.3, -0.25) is 14.2 Å². The summed E-state index contributed by atoms with van der Waals surface area (Å²) < 4.78 is 34.1. The number of allylic oxidation sites excluding steroid dienone is 12. The molecule has 0 saturated heterocycles. The third kappa shape index (κ3) is 56.6. The van der Waals surface area contributed by atoms with Gasteiger partial charge in [0.15, 0.2) is 6.10 Å². The molecule has 0 aliphatic carbocycles. The molecule has 0 radical (unpaired) electrons. The summed E-state index contributed by atoms with van der Waals surface area (Å²) >= 11 is 0. The van der Waals surface area contributed by atoms with Crippen LogP contribution < -0.4 is 4.89 Å². The van der Waals surface area contributed by atoms with Crippen molar-refractivity contribution in [3.8, 4) is 0 Å². The van der Waals surface area contributed by atoms with E-state index in [1.807, 2.05) is 21.1 Å². The van der Waals surface area contributed by atoms with Crippen LogP contribution in [0.4, 0.5) is 0 Å². The molecule has 0 aromatic heterocycles. The molecule has 412 valence electrons. The zero-order chi connectivity index (χ0) is 52.0. The van der Waals surface area contributed by atoms with Crippen molar-refractivity contribution in [3.63, 3.8) is 0 Å². The van der Waals surface area contributed by atoms with E-state index in [0.717, 1.165) is 83.5 Å². The lowest BCUT2D eigenvalue weighted by molar-refractivity contribution is -0.870. The molecule has 0 spiro atoms. The van der Waals surface area contributed by atoms with Crippen LogP contribution in [0.3, 0.4) is 0 Å². The summed E-state index contributed by atoms with van der Waals surface area (Å²) in [6.07, 6.45) is 68.1. The van der Waals surface area contributed by atoms with Gasteiger partial charge in [-0.15, -0.1) is 0 Å². The topological polar surface area (TPSA) is 111 Å². The number of carbonyl (C=O) groups excluding carboxylic acids is 2. The molecule has 0 N–H and O–H groups in total. The lowest BCUT2D eigenvalue weighted by Crippen LogP contribution is -2.37. The van der Waals surface area contributed by atoms with E-state index in [-0.39, 0.29) is 26.1 Å². The number of hydrogen-bond donors (Lipinski definition) is 0. The second-order valence-electron chi connectivity index (χ2n) is 20.6. The van der Waals surface area contributed by atoms with Gasteiger partial charge in [0.1, 0.15) is 19.8 Å². The quantitative estimate of drug-likeness (QED) is 0.0195. The SMILES string of the molecule is CC/C=C\C/C=C\C/C=C\C/C=C\CCCCCCCCCCCCCCCCCCCCC(=O)OC(COC(=O)CCCCCCC/C=C\C/C=C\CCCCCC)COP(=O)([O-])OCC[N+](C)(C)C. The molecule has 0 bridgehead atoms. The summed E-state index contributed by atoms with van der Waals surface area (Å²) in [6, 6.07) is 0. The van der Waals surface area contributed by atoms with E-state index in [4.69, 9.17) is 18.5 Å². The molecule has 10 heteroatoms. The fraction of sp³-hybridized carbons (Fsp3) is 0.770. The van der Waals surface area contributed by atoms with Crippen LogP contribution in [0.25, 0.3) is 0 Å². The summed E-state index contributed by atoms with van der Waals surface area (Å²) in [6.45, 7) is 4.11. The van der Waals surface area contributed by atoms with Crippen LogP contribution >= 0.6 is 7.82 Å². The van der Waals surface area contributed by atoms with Crippen molar-refractivity contribution < 1.29 is 42.1 Å². The highest BCUT2D eigenvalue weighted by Crippen LogP contribution is 2.38. The fourth-order valence-corrected chi connectivity index (χ4v) is 8.70. The Labute approximate surface area is 438 Å². The van der Waals surface area contributed by atoms with Crippen LogP contribution in [0, 0.1) is 0 Å². The van der Waals surface area contributed by atoms with Crippen molar-refractivity contribution in [1.29, 1.82) is 0 Å². The van der Waals surface area contributed by atoms with Crippen LogP contribution in [0.1, 0.15) is 251 Å². The first-order valence-corrected chi connectivity index (χ1v) is 30.6. The van der Waals surface area contributed by atoms with E-state index in [9.17, 15) is 19.0 Å². The predicted molar refractivity (Wildman–Crippen MR) is 300 cm³/mol. The number of esters is 2. The van der Waals surface area contributed by atoms with E-state index < -0.39 is 32.5 Å². The Morgan fingerprint density at radius 2 is 0.803 bits per heavy atom. The van der Waals surface area contributed by atoms with Gasteiger partial charge in [-0.1, -0.05) is 228 Å². The lowest BCUT2D eigenvalue weighted by atomic mass is 10.0. The first kappa shape index (κ1) is 68.5. The fourth-order valence-electron chi connectivity index (χ4n) is 7.97. The number of rotatable bonds is 53. The zero-order valence-electron chi connectivity index (χ0n) is 46.7. The second kappa shape index (κ2) is 52.3. The van der Waals surface area contributed by atoms with Gasteiger partial charge >= 0.3 is 11.9 Å². The number of phosphoric acid groups is 1. The van der Waals surface area contributed by atoms with Gasteiger partial charge in [-0.25, -0.2) is 0 Å². The van der Waals surface area contributed by atoms with Crippen LogP contribution in [0.5, 0.6) is 0 Å². The van der Waals surface area contributed by atoms with Gasteiger partial charge in [-0.05, 0) is 83.5 Å². The van der Waals surface area contributed by atoms with Gasteiger partial charge in [0.2, 0.25) is 0 Å². The van der Waals surface area contributed by atoms with Gasteiger partial charge in [0, 0.05) is 12.8 Å². The van der Waals surface area contributed by atoms with E-state index >= 15 is 0 Å². The molecule has 0 fully saturated rings. The molecule has 0 aromatic carbocycles. The Bertz CT molecular complexity index is 1430. The number of quaternary nitrogens is 1. The number of carbonyl (C=O) groups is 2. The molecule has 2 atom stereocenters. The van der Waals surface area contributed by atoms with Crippen molar-refractivity contribution in [2.24, 2.45) is 0 Å². The first-order valence-electron chi connectivity index (χ1n) is 29.1. The molecule has 0 rings (SSSR count). The number of unbranched alkanes of at least 4 members (excludes halogenated alkanes) is 27. The molecule has 0 aliphatic rings. The molecular formula is C61H110NO8P. The summed E-state index contributed by atoms with van der Waals surface area (Å²) in [5.41, 5.74) is 0. The van der Waals surface area contributed by atoms with E-state index in [0.29, 0.717) is 23.9 Å². The van der Waals surface area contributed by atoms with Crippen LogP contribution in [-0.2, 0) is 32.7 Å². The predicted octanol–water partition coefficient (Wildman–Crippen LogP) is 17.5. The largest absolute Gasteiger partial charge is 0.756 e. The third-order valence-electron chi connectivity index (χ3n) is 12.5. The highest BCUT2D eigenvalue weighted by atomic mass is 31.2. The van der Waals surface area contributed by atoms with Crippen LogP contribution in [0.2, 0.25) is 0 Å². The summed E-state index contributed by atoms with van der Waals surface area (Å²) in [5.74, 6) is -0.844. The Balaban J connectivity index is 4.09. The molecule has 71 heavy (non-hydrogen) atoms. The molecular weight excluding hydrogens is 906 g/mol. The maximum absolute atomic E-state index is 12.8. The van der Waals surface area contributed by atoms with Gasteiger partial charge < -0.3 is 27.9 Å².